The van der Waals surface area contributed by atoms with Crippen molar-refractivity contribution in [3.63, 3.8) is 0 Å². The van der Waals surface area contributed by atoms with Gasteiger partial charge in [0, 0.05) is 17.3 Å². The number of piperidine rings is 1. The lowest BCUT2D eigenvalue weighted by molar-refractivity contribution is 0.410. The van der Waals surface area contributed by atoms with Crippen LogP contribution in [0.15, 0.2) is 33.9 Å². The van der Waals surface area contributed by atoms with Gasteiger partial charge in [0.15, 0.2) is 5.58 Å². The summed E-state index contributed by atoms with van der Waals surface area (Å²) >= 11 is 1.82. The van der Waals surface area contributed by atoms with Crippen molar-refractivity contribution in [1.29, 1.82) is 0 Å². The van der Waals surface area contributed by atoms with Crippen molar-refractivity contribution in [3.05, 3.63) is 24.3 Å². The molecule has 4 rings (SSSR count). The van der Waals surface area contributed by atoms with Crippen molar-refractivity contribution in [3.8, 4) is 0 Å². The molecule has 0 aliphatic carbocycles. The maximum Gasteiger partial charge on any atom is 0.257 e. The first-order valence-electron chi connectivity index (χ1n) is 6.65. The molecule has 1 unspecified atom stereocenters. The Balaban J connectivity index is 1.54. The first-order chi connectivity index (χ1) is 8.87. The predicted octanol–water partition coefficient (Wildman–Crippen LogP) is 3.20. The van der Waals surface area contributed by atoms with Crippen molar-refractivity contribution in [2.24, 2.45) is 0 Å². The maximum atomic E-state index is 5.79. The minimum Gasteiger partial charge on any atom is -0.431 e. The van der Waals surface area contributed by atoms with Crippen LogP contribution in [-0.2, 0) is 0 Å². The van der Waals surface area contributed by atoms with Gasteiger partial charge >= 0.3 is 0 Å². The van der Waals surface area contributed by atoms with Crippen LogP contribution in [0, 0.1) is 0 Å². The Morgan fingerprint density at radius 1 is 1.17 bits per heavy atom. The van der Waals surface area contributed by atoms with Gasteiger partial charge in [-0.3, -0.25) is 0 Å². The van der Waals surface area contributed by atoms with Gasteiger partial charge in [0.1, 0.15) is 5.52 Å². The van der Waals surface area contributed by atoms with E-state index >= 15 is 0 Å². The summed E-state index contributed by atoms with van der Waals surface area (Å²) in [6, 6.07) is 9.45. The number of benzene rings is 1. The summed E-state index contributed by atoms with van der Waals surface area (Å²) < 4.78 is 5.79. The summed E-state index contributed by atoms with van der Waals surface area (Å²) in [4.78, 5) is 4.55. The number of oxazole rings is 1. The van der Waals surface area contributed by atoms with Gasteiger partial charge in [-0.05, 0) is 37.8 Å². The molecular weight excluding hydrogens is 244 g/mol. The third-order valence-corrected chi connectivity index (χ3v) is 5.07. The average molecular weight is 260 g/mol. The number of aromatic nitrogens is 1. The van der Waals surface area contributed by atoms with Gasteiger partial charge in [-0.2, -0.15) is 0 Å². The Hall–Kier alpha value is -1.00. The molecule has 2 aliphatic heterocycles. The molecule has 2 saturated heterocycles. The summed E-state index contributed by atoms with van der Waals surface area (Å²) in [7, 11) is 0. The SMILES string of the molecule is c1ccc2oc(SC3C[C@H]4CC[C@@H](C3)N4)nc2c1. The molecule has 1 aromatic heterocycles. The van der Waals surface area contributed by atoms with Crippen LogP contribution in [0.25, 0.3) is 11.1 Å². The van der Waals surface area contributed by atoms with Gasteiger partial charge in [0.05, 0.1) is 0 Å². The van der Waals surface area contributed by atoms with Crippen molar-refractivity contribution < 1.29 is 4.42 Å². The van der Waals surface area contributed by atoms with Crippen LogP contribution in [0.5, 0.6) is 0 Å². The molecule has 1 aromatic carbocycles. The van der Waals surface area contributed by atoms with Gasteiger partial charge in [-0.25, -0.2) is 4.98 Å². The minimum absolute atomic E-state index is 0.664. The first kappa shape index (κ1) is 10.9. The highest BCUT2D eigenvalue weighted by atomic mass is 32.2. The van der Waals surface area contributed by atoms with Crippen LogP contribution in [0.2, 0.25) is 0 Å². The predicted molar refractivity (Wildman–Crippen MR) is 72.8 cm³/mol. The Kier molecular flexibility index (Phi) is 2.59. The van der Waals surface area contributed by atoms with Crippen molar-refractivity contribution in [2.45, 2.75) is 48.2 Å². The van der Waals surface area contributed by atoms with Gasteiger partial charge < -0.3 is 9.73 Å². The fourth-order valence-corrected chi connectivity index (χ4v) is 4.38. The van der Waals surface area contributed by atoms with E-state index in [9.17, 15) is 0 Å². The molecule has 2 aromatic rings. The molecular formula is C14H16N2OS. The van der Waals surface area contributed by atoms with Crippen LogP contribution >= 0.6 is 11.8 Å². The standard InChI is InChI=1S/C14H16N2OS/c1-2-4-13-12(3-1)16-14(17-13)18-11-7-9-5-6-10(8-11)15-9/h1-4,9-11,15H,5-8H2/t9-,10+,11?. The molecule has 0 amide bonds. The summed E-state index contributed by atoms with van der Waals surface area (Å²) in [6.07, 6.45) is 5.18. The molecule has 3 heterocycles. The second-order valence-corrected chi connectivity index (χ2v) is 6.55. The number of para-hydroxylation sites is 2. The lowest BCUT2D eigenvalue weighted by Gasteiger charge is -2.27. The second-order valence-electron chi connectivity index (χ2n) is 5.30. The molecule has 2 fully saturated rings. The van der Waals surface area contributed by atoms with E-state index in [2.05, 4.69) is 10.3 Å². The van der Waals surface area contributed by atoms with E-state index < -0.39 is 0 Å². The third-order valence-electron chi connectivity index (χ3n) is 3.97. The lowest BCUT2D eigenvalue weighted by atomic mass is 10.1. The number of nitrogens with one attached hydrogen (secondary N) is 1. The summed E-state index contributed by atoms with van der Waals surface area (Å²) in [5.74, 6) is 0. The number of nitrogens with zero attached hydrogens (tertiary/aromatic N) is 1. The lowest BCUT2D eigenvalue weighted by Crippen LogP contribution is -2.39. The van der Waals surface area contributed by atoms with Crippen molar-refractivity contribution in [1.82, 2.24) is 10.3 Å². The van der Waals surface area contributed by atoms with E-state index in [1.165, 1.54) is 25.7 Å². The van der Waals surface area contributed by atoms with Crippen LogP contribution in [0.3, 0.4) is 0 Å². The molecule has 94 valence electrons. The molecule has 4 heteroatoms. The summed E-state index contributed by atoms with van der Waals surface area (Å²) in [6.45, 7) is 0. The number of rotatable bonds is 2. The molecule has 0 radical (unpaired) electrons. The summed E-state index contributed by atoms with van der Waals surface area (Å²) in [5.41, 5.74) is 1.87. The van der Waals surface area contributed by atoms with E-state index in [-0.39, 0.29) is 0 Å². The molecule has 2 aliphatic rings. The number of hydrogen-bond donors (Lipinski definition) is 1. The normalized spacial score (nSPS) is 31.0. The number of hydrogen-bond acceptors (Lipinski definition) is 4. The maximum absolute atomic E-state index is 5.79. The quantitative estimate of drug-likeness (QED) is 0.900. The van der Waals surface area contributed by atoms with Gasteiger partial charge in [-0.15, -0.1) is 0 Å². The Morgan fingerprint density at radius 2 is 1.94 bits per heavy atom. The first-order valence-corrected chi connectivity index (χ1v) is 7.53. The molecule has 0 saturated carbocycles. The van der Waals surface area contributed by atoms with E-state index in [1.807, 2.05) is 36.0 Å². The zero-order valence-electron chi connectivity index (χ0n) is 10.1. The Labute approximate surface area is 110 Å². The molecule has 3 nitrogen and oxygen atoms in total. The highest BCUT2D eigenvalue weighted by Gasteiger charge is 2.34. The zero-order chi connectivity index (χ0) is 11.9. The van der Waals surface area contributed by atoms with Gasteiger partial charge in [-0.1, -0.05) is 23.9 Å². The van der Waals surface area contributed by atoms with E-state index in [1.54, 1.807) is 0 Å². The van der Waals surface area contributed by atoms with E-state index in [0.717, 1.165) is 28.4 Å². The molecule has 0 spiro atoms. The topological polar surface area (TPSA) is 38.1 Å². The van der Waals surface area contributed by atoms with Gasteiger partial charge in [0.25, 0.3) is 5.22 Å². The third kappa shape index (κ3) is 1.93. The van der Waals surface area contributed by atoms with E-state index in [4.69, 9.17) is 4.42 Å². The second kappa shape index (κ2) is 4.28. The van der Waals surface area contributed by atoms with Crippen molar-refractivity contribution >= 4 is 22.9 Å². The van der Waals surface area contributed by atoms with Crippen molar-refractivity contribution in [2.75, 3.05) is 0 Å². The molecule has 2 bridgehead atoms. The van der Waals surface area contributed by atoms with Crippen LogP contribution in [-0.4, -0.2) is 22.3 Å². The molecule has 3 atom stereocenters. The van der Waals surface area contributed by atoms with Gasteiger partial charge in [0.2, 0.25) is 0 Å². The number of thioether (sulfide) groups is 1. The highest BCUT2D eigenvalue weighted by molar-refractivity contribution is 7.99. The number of fused-ring (bicyclic) bond motifs is 3. The Bertz CT molecular complexity index is 523. The van der Waals surface area contributed by atoms with Crippen LogP contribution in [0.4, 0.5) is 0 Å². The molecule has 1 N–H and O–H groups in total. The molecule has 18 heavy (non-hydrogen) atoms. The minimum atomic E-state index is 0.664. The smallest absolute Gasteiger partial charge is 0.257 e. The zero-order valence-corrected chi connectivity index (χ0v) is 11.0. The fraction of sp³-hybridized carbons (Fsp3) is 0.500. The summed E-state index contributed by atoms with van der Waals surface area (Å²) in [5, 5.41) is 5.17. The Morgan fingerprint density at radius 3 is 2.72 bits per heavy atom. The fourth-order valence-electron chi connectivity index (χ4n) is 3.15. The van der Waals surface area contributed by atoms with Crippen LogP contribution < -0.4 is 5.32 Å². The van der Waals surface area contributed by atoms with Crippen LogP contribution in [0.1, 0.15) is 25.7 Å². The van der Waals surface area contributed by atoms with E-state index in [0.29, 0.717) is 5.25 Å². The average Bonchev–Trinajstić information content (AvgIpc) is 2.92. The largest absolute Gasteiger partial charge is 0.431 e. The monoisotopic (exact) mass is 260 g/mol. The highest BCUT2D eigenvalue weighted by Crippen LogP contribution is 2.37.